The van der Waals surface area contributed by atoms with Gasteiger partial charge in [-0.2, -0.15) is 0 Å². The van der Waals surface area contributed by atoms with Crippen molar-refractivity contribution >= 4 is 5.91 Å². The number of carbonyl (C=O) groups excluding carboxylic acids is 1. The number of hydrogen-bond acceptors (Lipinski definition) is 3. The highest BCUT2D eigenvalue weighted by Gasteiger charge is 2.28. The molecule has 1 atom stereocenters. The molecule has 3 rings (SSSR count). The maximum Gasteiger partial charge on any atom is 0.227 e. The summed E-state index contributed by atoms with van der Waals surface area (Å²) in [4.78, 5) is 19.5. The lowest BCUT2D eigenvalue weighted by Gasteiger charge is -2.38. The molecule has 26 heavy (non-hydrogen) atoms. The fourth-order valence-corrected chi connectivity index (χ4v) is 3.98. The number of carbonyl (C=O) groups is 1. The van der Waals surface area contributed by atoms with Crippen molar-refractivity contribution in [1.29, 1.82) is 0 Å². The van der Waals surface area contributed by atoms with Crippen molar-refractivity contribution in [1.82, 2.24) is 14.7 Å². The third-order valence-electron chi connectivity index (χ3n) is 5.70. The monoisotopic (exact) mass is 365 g/mol. The minimum atomic E-state index is -0.896. The van der Waals surface area contributed by atoms with Crippen molar-refractivity contribution in [3.05, 3.63) is 35.4 Å². The Kier molecular flexibility index (Phi) is 6.59. The Bertz CT molecular complexity index is 617. The Hall–Kier alpha value is -1.53. The predicted octanol–water partition coefficient (Wildman–Crippen LogP) is 2.53. The number of hydrogen-bond donors (Lipinski definition) is 0. The maximum atomic E-state index is 13.9. The molecule has 0 unspecified atom stereocenters. The number of nitrogens with zero attached hydrogens (tertiary/aromatic N) is 3. The van der Waals surface area contributed by atoms with Crippen LogP contribution >= 0.6 is 0 Å². The second-order valence-corrected chi connectivity index (χ2v) is 7.56. The summed E-state index contributed by atoms with van der Waals surface area (Å²) in [7, 11) is 2.14. The molecule has 0 saturated carbocycles. The van der Waals surface area contributed by atoms with E-state index in [1.807, 2.05) is 4.90 Å². The molecule has 2 aliphatic rings. The van der Waals surface area contributed by atoms with Crippen LogP contribution in [-0.2, 0) is 11.2 Å². The second kappa shape index (κ2) is 8.91. The van der Waals surface area contributed by atoms with Gasteiger partial charge in [-0.1, -0.05) is 12.1 Å². The van der Waals surface area contributed by atoms with E-state index in [0.29, 0.717) is 0 Å². The highest BCUT2D eigenvalue weighted by molar-refractivity contribution is 5.79. The summed E-state index contributed by atoms with van der Waals surface area (Å²) in [6.45, 7) is 6.05. The van der Waals surface area contributed by atoms with Crippen LogP contribution in [0.3, 0.4) is 0 Å². The molecule has 0 aromatic heterocycles. The molecule has 0 bridgehead atoms. The Balaban J connectivity index is 1.57. The van der Waals surface area contributed by atoms with Crippen LogP contribution in [0.5, 0.6) is 0 Å². The van der Waals surface area contributed by atoms with E-state index in [9.17, 15) is 13.6 Å². The molecule has 0 radical (unpaired) electrons. The van der Waals surface area contributed by atoms with Crippen LogP contribution in [0.25, 0.3) is 0 Å². The Morgan fingerprint density at radius 3 is 2.65 bits per heavy atom. The van der Waals surface area contributed by atoms with Gasteiger partial charge in [-0.3, -0.25) is 4.79 Å². The van der Waals surface area contributed by atoms with Crippen LogP contribution in [-0.4, -0.2) is 73.0 Å². The maximum absolute atomic E-state index is 13.9. The summed E-state index contributed by atoms with van der Waals surface area (Å²) in [6.07, 6.45) is 4.02. The average molecular weight is 365 g/mol. The minimum Gasteiger partial charge on any atom is -0.339 e. The first-order valence-corrected chi connectivity index (χ1v) is 9.68. The van der Waals surface area contributed by atoms with E-state index in [-0.39, 0.29) is 23.9 Å². The van der Waals surface area contributed by atoms with Gasteiger partial charge in [0.1, 0.15) is 0 Å². The number of halogens is 2. The SMILES string of the molecule is CN1CCN(CC[C@@H]2CCCCN2C(=O)Cc2cccc(F)c2F)CC1. The van der Waals surface area contributed by atoms with Crippen LogP contribution in [0.1, 0.15) is 31.2 Å². The third-order valence-corrected chi connectivity index (χ3v) is 5.70. The van der Waals surface area contributed by atoms with Crippen molar-refractivity contribution in [2.75, 3.05) is 46.3 Å². The molecule has 144 valence electrons. The summed E-state index contributed by atoms with van der Waals surface area (Å²) in [5.74, 6) is -1.87. The lowest BCUT2D eigenvalue weighted by atomic mass is 9.97. The highest BCUT2D eigenvalue weighted by Crippen LogP contribution is 2.22. The van der Waals surface area contributed by atoms with Crippen LogP contribution in [0.15, 0.2) is 18.2 Å². The van der Waals surface area contributed by atoms with E-state index >= 15 is 0 Å². The highest BCUT2D eigenvalue weighted by atomic mass is 19.2. The van der Waals surface area contributed by atoms with Gasteiger partial charge < -0.3 is 14.7 Å². The van der Waals surface area contributed by atoms with Crippen LogP contribution in [0.2, 0.25) is 0 Å². The van der Waals surface area contributed by atoms with Gasteiger partial charge in [-0.25, -0.2) is 8.78 Å². The van der Waals surface area contributed by atoms with Crippen molar-refractivity contribution < 1.29 is 13.6 Å². The predicted molar refractivity (Wildman–Crippen MR) is 98.0 cm³/mol. The fourth-order valence-electron chi connectivity index (χ4n) is 3.98. The molecule has 1 amide bonds. The van der Waals surface area contributed by atoms with Crippen molar-refractivity contribution in [3.8, 4) is 0 Å². The molecule has 6 heteroatoms. The summed E-state index contributed by atoms with van der Waals surface area (Å²) < 4.78 is 27.3. The van der Waals surface area contributed by atoms with Gasteiger partial charge >= 0.3 is 0 Å². The van der Waals surface area contributed by atoms with E-state index in [0.717, 1.165) is 71.0 Å². The van der Waals surface area contributed by atoms with Gasteiger partial charge in [-0.15, -0.1) is 0 Å². The molecule has 2 aliphatic heterocycles. The first kappa shape index (κ1) is 19.2. The van der Waals surface area contributed by atoms with E-state index < -0.39 is 11.6 Å². The lowest BCUT2D eigenvalue weighted by Crippen LogP contribution is -2.48. The molecular weight excluding hydrogens is 336 g/mol. The first-order chi connectivity index (χ1) is 12.5. The van der Waals surface area contributed by atoms with Crippen LogP contribution < -0.4 is 0 Å². The molecule has 1 aromatic rings. The zero-order valence-corrected chi connectivity index (χ0v) is 15.6. The summed E-state index contributed by atoms with van der Waals surface area (Å²) in [6, 6.07) is 4.26. The topological polar surface area (TPSA) is 26.8 Å². The number of likely N-dealkylation sites (tertiary alicyclic amines) is 1. The van der Waals surface area contributed by atoms with E-state index in [4.69, 9.17) is 0 Å². The molecule has 2 fully saturated rings. The normalized spacial score (nSPS) is 22.6. The molecule has 0 N–H and O–H groups in total. The molecule has 4 nitrogen and oxygen atoms in total. The van der Waals surface area contributed by atoms with Crippen LogP contribution in [0, 0.1) is 11.6 Å². The first-order valence-electron chi connectivity index (χ1n) is 9.68. The molecule has 2 heterocycles. The quantitative estimate of drug-likeness (QED) is 0.802. The summed E-state index contributed by atoms with van der Waals surface area (Å²) in [5, 5.41) is 0. The van der Waals surface area contributed by atoms with Gasteiger partial charge in [0, 0.05) is 50.9 Å². The lowest BCUT2D eigenvalue weighted by molar-refractivity contribution is -0.134. The number of rotatable bonds is 5. The number of piperazine rings is 1. The number of benzene rings is 1. The minimum absolute atomic E-state index is 0.0609. The smallest absolute Gasteiger partial charge is 0.227 e. The standard InChI is InChI=1S/C20H29F2N3O/c1-23-11-13-24(14-12-23)10-8-17-6-2-3-9-25(17)19(26)15-16-5-4-7-18(21)20(16)22/h4-5,7,17H,2-3,6,8-15H2,1H3/t17-/m0/s1. The third kappa shape index (κ3) is 4.80. The zero-order valence-electron chi connectivity index (χ0n) is 15.6. The number of piperidine rings is 1. The molecule has 1 aromatic carbocycles. The summed E-state index contributed by atoms with van der Waals surface area (Å²) >= 11 is 0. The van der Waals surface area contributed by atoms with Gasteiger partial charge in [0.25, 0.3) is 0 Å². The van der Waals surface area contributed by atoms with E-state index in [1.165, 1.54) is 12.1 Å². The van der Waals surface area contributed by atoms with Gasteiger partial charge in [-0.05, 0) is 38.8 Å². The molecule has 0 spiro atoms. The van der Waals surface area contributed by atoms with E-state index in [1.54, 1.807) is 0 Å². The fraction of sp³-hybridized carbons (Fsp3) is 0.650. The van der Waals surface area contributed by atoms with Gasteiger partial charge in [0.05, 0.1) is 6.42 Å². The molecule has 2 saturated heterocycles. The number of likely N-dealkylation sites (N-methyl/N-ethyl adjacent to an activating group) is 1. The molecule has 0 aliphatic carbocycles. The van der Waals surface area contributed by atoms with Crippen molar-refractivity contribution in [3.63, 3.8) is 0 Å². The van der Waals surface area contributed by atoms with Crippen molar-refractivity contribution in [2.45, 2.75) is 38.1 Å². The van der Waals surface area contributed by atoms with Crippen LogP contribution in [0.4, 0.5) is 8.78 Å². The van der Waals surface area contributed by atoms with Gasteiger partial charge in [0.2, 0.25) is 5.91 Å². The summed E-state index contributed by atoms with van der Waals surface area (Å²) in [5.41, 5.74) is 0.151. The van der Waals surface area contributed by atoms with E-state index in [2.05, 4.69) is 16.8 Å². The van der Waals surface area contributed by atoms with Crippen molar-refractivity contribution in [2.24, 2.45) is 0 Å². The average Bonchev–Trinajstić information content (AvgIpc) is 2.65. The van der Waals surface area contributed by atoms with Gasteiger partial charge in [0.15, 0.2) is 11.6 Å². The Morgan fingerprint density at radius 1 is 1.12 bits per heavy atom. The number of amides is 1. The Labute approximate surface area is 154 Å². The zero-order chi connectivity index (χ0) is 18.5. The largest absolute Gasteiger partial charge is 0.339 e. The second-order valence-electron chi connectivity index (χ2n) is 7.56. The molecular formula is C20H29F2N3O. The Morgan fingerprint density at radius 2 is 1.88 bits per heavy atom.